The summed E-state index contributed by atoms with van der Waals surface area (Å²) in [6.07, 6.45) is 0. The Morgan fingerprint density at radius 2 is 1.52 bits per heavy atom. The highest BCUT2D eigenvalue weighted by molar-refractivity contribution is 7.13. The van der Waals surface area contributed by atoms with Crippen molar-refractivity contribution in [3.63, 3.8) is 0 Å². The highest BCUT2D eigenvalue weighted by Crippen LogP contribution is 2.34. The van der Waals surface area contributed by atoms with E-state index < -0.39 is 5.97 Å². The minimum absolute atomic E-state index is 0.106. The molecule has 0 atom stereocenters. The van der Waals surface area contributed by atoms with Gasteiger partial charge in [-0.15, -0.1) is 11.3 Å². The van der Waals surface area contributed by atoms with Gasteiger partial charge in [-0.1, -0.05) is 34.6 Å². The normalized spacial score (nSPS) is 11.2. The lowest BCUT2D eigenvalue weighted by molar-refractivity contribution is -0.129. The van der Waals surface area contributed by atoms with E-state index in [1.54, 1.807) is 26.4 Å². The molecule has 0 saturated carbocycles. The fraction of sp³-hybridized carbons (Fsp3) is 0.161. The molecule has 0 saturated heterocycles. The zero-order chi connectivity index (χ0) is 30.9. The fourth-order valence-corrected chi connectivity index (χ4v) is 4.48. The first kappa shape index (κ1) is 29.9. The van der Waals surface area contributed by atoms with Crippen LogP contribution in [0.2, 0.25) is 0 Å². The number of nitrogens with zero attached hydrogens (tertiary/aromatic N) is 3. The van der Waals surface area contributed by atoms with Crippen molar-refractivity contribution in [1.29, 1.82) is 0 Å². The number of ether oxygens (including phenoxy) is 4. The lowest BCUT2D eigenvalue weighted by Gasteiger charge is -2.14. The number of thiazole rings is 1. The van der Waals surface area contributed by atoms with Crippen LogP contribution in [0.25, 0.3) is 11.3 Å². The molecule has 5 rings (SSSR count). The second-order valence-electron chi connectivity index (χ2n) is 9.20. The molecule has 0 aliphatic heterocycles. The Kier molecular flexibility index (Phi) is 9.57. The summed E-state index contributed by atoms with van der Waals surface area (Å²) >= 11 is 1.10. The largest absolute Gasteiger partial charge is 0.497 e. The van der Waals surface area contributed by atoms with Crippen molar-refractivity contribution in [3.05, 3.63) is 101 Å². The lowest BCUT2D eigenvalue weighted by Crippen LogP contribution is -2.15. The molecule has 0 unspecified atom stereocenters. The van der Waals surface area contributed by atoms with Gasteiger partial charge in [-0.05, 0) is 53.6 Å². The van der Waals surface area contributed by atoms with Crippen LogP contribution in [0.5, 0.6) is 23.0 Å². The molecule has 13 heteroatoms. The predicted octanol–water partition coefficient (Wildman–Crippen LogP) is 5.56. The van der Waals surface area contributed by atoms with Crippen molar-refractivity contribution in [2.24, 2.45) is 5.16 Å². The highest BCUT2D eigenvalue weighted by Gasteiger charge is 2.18. The van der Waals surface area contributed by atoms with Crippen LogP contribution in [0.4, 0.5) is 5.13 Å². The van der Waals surface area contributed by atoms with E-state index in [0.29, 0.717) is 41.7 Å². The van der Waals surface area contributed by atoms with Crippen molar-refractivity contribution < 1.29 is 38.2 Å². The number of benzene rings is 3. The molecule has 0 aliphatic rings. The van der Waals surface area contributed by atoms with Crippen molar-refractivity contribution in [2.45, 2.75) is 19.8 Å². The van der Waals surface area contributed by atoms with Crippen LogP contribution in [0.1, 0.15) is 22.6 Å². The van der Waals surface area contributed by atoms with Gasteiger partial charge in [0.25, 0.3) is 0 Å². The topological polar surface area (TPSA) is 161 Å². The minimum Gasteiger partial charge on any atom is -0.497 e. The van der Waals surface area contributed by atoms with E-state index in [1.165, 1.54) is 5.38 Å². The van der Waals surface area contributed by atoms with Gasteiger partial charge in [0.2, 0.25) is 5.71 Å². The third-order valence-corrected chi connectivity index (χ3v) is 6.91. The molecular weight excluding hydrogens is 588 g/mol. The van der Waals surface area contributed by atoms with Crippen LogP contribution in [-0.2, 0) is 29.5 Å². The summed E-state index contributed by atoms with van der Waals surface area (Å²) in [6.45, 7) is 0.451. The quantitative estimate of drug-likeness (QED) is 0.119. The molecule has 5 aromatic rings. The second kappa shape index (κ2) is 14.1. The van der Waals surface area contributed by atoms with Crippen molar-refractivity contribution in [1.82, 2.24) is 10.1 Å². The van der Waals surface area contributed by atoms with Gasteiger partial charge in [0.1, 0.15) is 36.1 Å². The van der Waals surface area contributed by atoms with Gasteiger partial charge < -0.3 is 39.1 Å². The van der Waals surface area contributed by atoms with Crippen LogP contribution in [0, 0.1) is 0 Å². The summed E-state index contributed by atoms with van der Waals surface area (Å²) in [5, 5.41) is 19.0. The molecule has 0 fully saturated rings. The molecule has 2 heterocycles. The molecule has 44 heavy (non-hydrogen) atoms. The first-order valence-corrected chi connectivity index (χ1v) is 14.1. The molecule has 0 bridgehead atoms. The van der Waals surface area contributed by atoms with Gasteiger partial charge in [-0.2, -0.15) is 0 Å². The SMILES string of the molecule is COc1ccc(COc2ccc(-c3cc(CO/N=C(\C(=O)O)c4csc(N)n4)on3)cc2OCc2ccc(OC)cc2)cc1. The number of rotatable bonds is 14. The van der Waals surface area contributed by atoms with E-state index in [2.05, 4.69) is 15.3 Å². The number of hydrogen-bond donors (Lipinski definition) is 2. The Morgan fingerprint density at radius 1 is 0.886 bits per heavy atom. The van der Waals surface area contributed by atoms with E-state index in [1.807, 2.05) is 60.7 Å². The molecule has 0 radical (unpaired) electrons. The van der Waals surface area contributed by atoms with Crippen molar-refractivity contribution in [2.75, 3.05) is 20.0 Å². The van der Waals surface area contributed by atoms with E-state index in [4.69, 9.17) is 34.0 Å². The van der Waals surface area contributed by atoms with Crippen molar-refractivity contribution in [3.8, 4) is 34.3 Å². The maximum atomic E-state index is 11.6. The maximum absolute atomic E-state index is 11.6. The average molecular weight is 617 g/mol. The van der Waals surface area contributed by atoms with E-state index in [-0.39, 0.29) is 23.1 Å². The fourth-order valence-electron chi connectivity index (χ4n) is 3.93. The summed E-state index contributed by atoms with van der Waals surface area (Å²) in [6, 6.07) is 22.3. The number of oxime groups is 1. The number of aromatic nitrogens is 2. The van der Waals surface area contributed by atoms with Gasteiger partial charge in [-0.3, -0.25) is 0 Å². The molecule has 2 aromatic heterocycles. The predicted molar refractivity (Wildman–Crippen MR) is 162 cm³/mol. The summed E-state index contributed by atoms with van der Waals surface area (Å²) in [5.41, 5.74) is 8.45. The summed E-state index contributed by atoms with van der Waals surface area (Å²) in [4.78, 5) is 20.7. The van der Waals surface area contributed by atoms with Gasteiger partial charge in [0, 0.05) is 17.0 Å². The molecule has 0 aliphatic carbocycles. The third-order valence-electron chi connectivity index (χ3n) is 6.24. The number of nitrogen functional groups attached to an aromatic ring is 1. The van der Waals surface area contributed by atoms with Gasteiger partial charge in [-0.25, -0.2) is 9.78 Å². The summed E-state index contributed by atoms with van der Waals surface area (Å²) in [7, 11) is 3.24. The lowest BCUT2D eigenvalue weighted by atomic mass is 10.1. The molecule has 3 aromatic carbocycles. The molecule has 0 spiro atoms. The second-order valence-corrected chi connectivity index (χ2v) is 10.1. The summed E-state index contributed by atoms with van der Waals surface area (Å²) in [5.74, 6) is 1.59. The van der Waals surface area contributed by atoms with Gasteiger partial charge in [0.15, 0.2) is 29.0 Å². The number of anilines is 1. The minimum atomic E-state index is -1.30. The smallest absolute Gasteiger partial charge is 0.360 e. The van der Waals surface area contributed by atoms with Crippen LogP contribution in [0.3, 0.4) is 0 Å². The monoisotopic (exact) mass is 616 g/mol. The molecule has 0 amide bonds. The maximum Gasteiger partial charge on any atom is 0.360 e. The van der Waals surface area contributed by atoms with Gasteiger partial charge in [0.05, 0.1) is 14.2 Å². The number of hydrogen-bond acceptors (Lipinski definition) is 12. The number of methoxy groups -OCH3 is 2. The first-order chi connectivity index (χ1) is 21.4. The van der Waals surface area contributed by atoms with Crippen LogP contribution >= 0.6 is 11.3 Å². The zero-order valence-electron chi connectivity index (χ0n) is 23.8. The Hall–Kier alpha value is -5.56. The zero-order valence-corrected chi connectivity index (χ0v) is 24.6. The third kappa shape index (κ3) is 7.63. The number of nitrogens with two attached hydrogens (primary N) is 1. The highest BCUT2D eigenvalue weighted by atomic mass is 32.1. The number of carboxylic acid groups (broad SMARTS) is 1. The van der Waals surface area contributed by atoms with E-state index in [9.17, 15) is 9.90 Å². The molecular formula is C31H28N4O8S. The number of carboxylic acids is 1. The van der Waals surface area contributed by atoms with Crippen LogP contribution in [-0.4, -0.2) is 41.1 Å². The average Bonchev–Trinajstić information content (AvgIpc) is 3.70. The van der Waals surface area contributed by atoms with Gasteiger partial charge >= 0.3 is 5.97 Å². The Balaban J connectivity index is 1.31. The number of carbonyl (C=O) groups is 1. The van der Waals surface area contributed by atoms with Crippen LogP contribution < -0.4 is 24.7 Å². The summed E-state index contributed by atoms with van der Waals surface area (Å²) < 4.78 is 28.2. The number of aliphatic carboxylic acids is 1. The molecule has 3 N–H and O–H groups in total. The van der Waals surface area contributed by atoms with E-state index >= 15 is 0 Å². The molecule has 12 nitrogen and oxygen atoms in total. The van der Waals surface area contributed by atoms with E-state index in [0.717, 1.165) is 34.0 Å². The standard InChI is InChI=1S/C31H28N4O8S/c1-38-22-8-3-19(4-9-22)15-40-27-12-7-21(13-28(27)41-16-20-5-10-23(39-2)11-6-20)25-14-24(43-34-25)17-42-35-29(30(36)37)26-18-44-31(32)33-26/h3-14,18H,15-17H2,1-2H3,(H2,32,33)(H,36,37)/b35-29-. The first-order valence-electron chi connectivity index (χ1n) is 13.2. The van der Waals surface area contributed by atoms with Crippen molar-refractivity contribution >= 4 is 28.1 Å². The Labute approximate surface area is 256 Å². The molecule has 226 valence electrons. The Morgan fingerprint density at radius 3 is 2.09 bits per heavy atom. The Bertz CT molecular complexity index is 1730. The van der Waals surface area contributed by atoms with Crippen LogP contribution in [0.15, 0.2) is 87.9 Å².